The van der Waals surface area contributed by atoms with Gasteiger partial charge in [-0.05, 0) is 37.3 Å². The van der Waals surface area contributed by atoms with E-state index in [9.17, 15) is 4.21 Å². The first-order chi connectivity index (χ1) is 11.7. The van der Waals surface area contributed by atoms with E-state index in [1.165, 1.54) is 0 Å². The Morgan fingerprint density at radius 2 is 2.04 bits per heavy atom. The first-order valence-corrected chi connectivity index (χ1v) is 9.95. The molecule has 1 N–H and O–H groups in total. The van der Waals surface area contributed by atoms with E-state index in [4.69, 9.17) is 4.74 Å². The lowest BCUT2D eigenvalue weighted by Crippen LogP contribution is -2.41. The van der Waals surface area contributed by atoms with Crippen molar-refractivity contribution in [3.63, 3.8) is 0 Å². The van der Waals surface area contributed by atoms with Gasteiger partial charge in [-0.25, -0.2) is 0 Å². The third-order valence-electron chi connectivity index (χ3n) is 4.36. The lowest BCUT2D eigenvalue weighted by Gasteiger charge is -2.26. The van der Waals surface area contributed by atoms with Gasteiger partial charge in [0.25, 0.3) is 0 Å². The normalized spacial score (nSPS) is 17.5. The Balaban J connectivity index is 1.70. The molecule has 1 unspecified atom stereocenters. The van der Waals surface area contributed by atoms with E-state index in [2.05, 4.69) is 22.3 Å². The van der Waals surface area contributed by atoms with Crippen LogP contribution < -0.4 is 5.32 Å². The summed E-state index contributed by atoms with van der Waals surface area (Å²) in [4.78, 5) is 7.36. The molecule has 0 aromatic heterocycles. The summed E-state index contributed by atoms with van der Waals surface area (Å²) in [5.74, 6) is 2.20. The summed E-state index contributed by atoms with van der Waals surface area (Å²) in [6.45, 7) is 3.42. The van der Waals surface area contributed by atoms with E-state index in [1.54, 1.807) is 7.05 Å². The highest BCUT2D eigenvalue weighted by Crippen LogP contribution is 2.18. The van der Waals surface area contributed by atoms with Crippen LogP contribution in [0.1, 0.15) is 19.3 Å². The van der Waals surface area contributed by atoms with Crippen molar-refractivity contribution < 1.29 is 8.95 Å². The quantitative estimate of drug-likeness (QED) is 0.604. The van der Waals surface area contributed by atoms with Gasteiger partial charge in [0, 0.05) is 51.0 Å². The van der Waals surface area contributed by atoms with Crippen LogP contribution in [0.5, 0.6) is 0 Å². The molecular weight excluding hydrogens is 322 g/mol. The average Bonchev–Trinajstić information content (AvgIpc) is 2.64. The Hall–Kier alpha value is -1.40. The molecule has 1 fully saturated rings. The van der Waals surface area contributed by atoms with Gasteiger partial charge in [0.1, 0.15) is 0 Å². The van der Waals surface area contributed by atoms with Crippen LogP contribution in [-0.4, -0.2) is 61.2 Å². The van der Waals surface area contributed by atoms with Crippen LogP contribution in [0.3, 0.4) is 0 Å². The van der Waals surface area contributed by atoms with Gasteiger partial charge in [0.2, 0.25) is 0 Å². The summed E-state index contributed by atoms with van der Waals surface area (Å²) < 4.78 is 17.6. The fraction of sp³-hybridized carbons (Fsp3) is 0.611. The standard InChI is InChI=1S/C18H29N3O2S/c1-19-18(21(2)12-8-16-9-13-23-14-10-16)20-11-15-24(22)17-6-4-3-5-7-17/h3-7,16H,8-15H2,1-2H3,(H,19,20). The molecule has 0 spiro atoms. The van der Waals surface area contributed by atoms with Crippen molar-refractivity contribution in [3.8, 4) is 0 Å². The summed E-state index contributed by atoms with van der Waals surface area (Å²) in [5, 5.41) is 3.32. The third kappa shape index (κ3) is 6.24. The SMILES string of the molecule is CN=C(NCCS(=O)c1ccccc1)N(C)CCC1CCOCC1. The predicted octanol–water partition coefficient (Wildman–Crippen LogP) is 2.12. The summed E-state index contributed by atoms with van der Waals surface area (Å²) in [5.41, 5.74) is 0. The zero-order chi connectivity index (χ0) is 17.2. The zero-order valence-corrected chi connectivity index (χ0v) is 15.6. The van der Waals surface area contributed by atoms with Gasteiger partial charge < -0.3 is 15.0 Å². The largest absolute Gasteiger partial charge is 0.381 e. The number of nitrogens with one attached hydrogen (secondary N) is 1. The maximum Gasteiger partial charge on any atom is 0.193 e. The number of ether oxygens (including phenoxy) is 1. The topological polar surface area (TPSA) is 53.9 Å². The number of aliphatic imine (C=N–C) groups is 1. The first-order valence-electron chi connectivity index (χ1n) is 8.63. The van der Waals surface area contributed by atoms with Crippen LogP contribution in [0.4, 0.5) is 0 Å². The van der Waals surface area contributed by atoms with Gasteiger partial charge in [-0.3, -0.25) is 9.20 Å². The second-order valence-corrected chi connectivity index (χ2v) is 7.67. The highest BCUT2D eigenvalue weighted by atomic mass is 32.2. The van der Waals surface area contributed by atoms with Crippen LogP contribution in [0.25, 0.3) is 0 Å². The Morgan fingerprint density at radius 3 is 2.71 bits per heavy atom. The van der Waals surface area contributed by atoms with E-state index >= 15 is 0 Å². The monoisotopic (exact) mass is 351 g/mol. The van der Waals surface area contributed by atoms with Crippen LogP contribution in [0.2, 0.25) is 0 Å². The third-order valence-corrected chi connectivity index (χ3v) is 5.74. The van der Waals surface area contributed by atoms with Crippen molar-refractivity contribution in [2.75, 3.05) is 46.2 Å². The molecule has 6 heteroatoms. The molecule has 1 heterocycles. The smallest absolute Gasteiger partial charge is 0.193 e. The van der Waals surface area contributed by atoms with Crippen molar-refractivity contribution in [3.05, 3.63) is 30.3 Å². The molecule has 1 aromatic carbocycles. The van der Waals surface area contributed by atoms with Crippen LogP contribution in [0, 0.1) is 5.92 Å². The van der Waals surface area contributed by atoms with E-state index in [0.29, 0.717) is 12.3 Å². The second-order valence-electron chi connectivity index (χ2n) is 6.10. The van der Waals surface area contributed by atoms with Crippen molar-refractivity contribution in [1.29, 1.82) is 0 Å². The van der Waals surface area contributed by atoms with Crippen LogP contribution in [-0.2, 0) is 15.5 Å². The zero-order valence-electron chi connectivity index (χ0n) is 14.7. The van der Waals surface area contributed by atoms with E-state index < -0.39 is 10.8 Å². The van der Waals surface area contributed by atoms with Crippen LogP contribution in [0.15, 0.2) is 40.2 Å². The number of rotatable bonds is 7. The van der Waals surface area contributed by atoms with Crippen molar-refractivity contribution in [2.45, 2.75) is 24.2 Å². The summed E-state index contributed by atoms with van der Waals surface area (Å²) in [6.07, 6.45) is 3.49. The molecule has 5 nitrogen and oxygen atoms in total. The highest BCUT2D eigenvalue weighted by Gasteiger charge is 2.15. The summed E-state index contributed by atoms with van der Waals surface area (Å²) >= 11 is 0. The van der Waals surface area contributed by atoms with Gasteiger partial charge in [0.05, 0.1) is 10.8 Å². The van der Waals surface area contributed by atoms with E-state index in [1.807, 2.05) is 30.3 Å². The van der Waals surface area contributed by atoms with Crippen LogP contribution >= 0.6 is 0 Å². The Kier molecular flexibility index (Phi) is 8.25. The maximum atomic E-state index is 12.2. The average molecular weight is 352 g/mol. The lowest BCUT2D eigenvalue weighted by atomic mass is 9.96. The van der Waals surface area contributed by atoms with E-state index in [-0.39, 0.29) is 0 Å². The van der Waals surface area contributed by atoms with Gasteiger partial charge in [-0.15, -0.1) is 0 Å². The maximum absolute atomic E-state index is 12.2. The predicted molar refractivity (Wildman–Crippen MR) is 99.9 cm³/mol. The van der Waals surface area contributed by atoms with Gasteiger partial charge in [-0.2, -0.15) is 0 Å². The number of hydrogen-bond donors (Lipinski definition) is 1. The summed E-state index contributed by atoms with van der Waals surface area (Å²) in [6, 6.07) is 9.59. The number of guanidine groups is 1. The lowest BCUT2D eigenvalue weighted by molar-refractivity contribution is 0.0625. The van der Waals surface area contributed by atoms with Gasteiger partial charge >= 0.3 is 0 Å². The minimum Gasteiger partial charge on any atom is -0.381 e. The minimum absolute atomic E-state index is 0.580. The molecule has 0 bridgehead atoms. The summed E-state index contributed by atoms with van der Waals surface area (Å²) in [7, 11) is 2.88. The molecule has 1 aliphatic rings. The second kappa shape index (κ2) is 10.5. The molecule has 1 atom stereocenters. The molecule has 24 heavy (non-hydrogen) atoms. The van der Waals surface area contributed by atoms with Crippen molar-refractivity contribution in [1.82, 2.24) is 10.2 Å². The molecule has 2 rings (SSSR count). The Labute approximate surface area is 147 Å². The molecule has 0 radical (unpaired) electrons. The Morgan fingerprint density at radius 1 is 1.33 bits per heavy atom. The first kappa shape index (κ1) is 18.9. The number of hydrogen-bond acceptors (Lipinski definition) is 3. The number of benzene rings is 1. The molecular formula is C18H29N3O2S. The molecule has 1 saturated heterocycles. The fourth-order valence-corrected chi connectivity index (χ4v) is 3.83. The fourth-order valence-electron chi connectivity index (χ4n) is 2.85. The van der Waals surface area contributed by atoms with Crippen molar-refractivity contribution in [2.24, 2.45) is 10.9 Å². The highest BCUT2D eigenvalue weighted by molar-refractivity contribution is 7.85. The van der Waals surface area contributed by atoms with Crippen molar-refractivity contribution >= 4 is 16.8 Å². The van der Waals surface area contributed by atoms with Gasteiger partial charge in [-0.1, -0.05) is 18.2 Å². The Bertz CT molecular complexity index is 530. The molecule has 0 amide bonds. The molecule has 0 aliphatic carbocycles. The minimum atomic E-state index is -0.973. The number of nitrogens with zero attached hydrogens (tertiary/aromatic N) is 2. The molecule has 1 aliphatic heterocycles. The van der Waals surface area contributed by atoms with Gasteiger partial charge in [0.15, 0.2) is 5.96 Å². The van der Waals surface area contributed by atoms with E-state index in [0.717, 1.165) is 55.8 Å². The molecule has 0 saturated carbocycles. The molecule has 134 valence electrons. The molecule has 1 aromatic rings.